The molecule has 1 aliphatic rings. The molecule has 1 aromatic rings. The van der Waals surface area contributed by atoms with E-state index in [1.165, 1.54) is 5.56 Å². The summed E-state index contributed by atoms with van der Waals surface area (Å²) in [5, 5.41) is 6.87. The predicted molar refractivity (Wildman–Crippen MR) is 116 cm³/mol. The number of aliphatic imine (C=N–C) groups is 1. The van der Waals surface area contributed by atoms with Gasteiger partial charge in [-0.1, -0.05) is 44.2 Å². The molecule has 1 atom stereocenters. The summed E-state index contributed by atoms with van der Waals surface area (Å²) in [7, 11) is 0. The second-order valence-electron chi connectivity index (χ2n) is 6.52. The first-order chi connectivity index (χ1) is 11.7. The summed E-state index contributed by atoms with van der Waals surface area (Å²) in [6, 6.07) is 10.9. The van der Waals surface area contributed by atoms with Crippen LogP contribution < -0.4 is 10.6 Å². The molecule has 1 saturated heterocycles. The average molecular weight is 460 g/mol. The van der Waals surface area contributed by atoms with Crippen molar-refractivity contribution in [2.45, 2.75) is 33.4 Å². The molecule has 1 heterocycles. The second kappa shape index (κ2) is 12.5. The first kappa shape index (κ1) is 22.2. The van der Waals surface area contributed by atoms with Gasteiger partial charge in [-0.15, -0.1) is 24.0 Å². The van der Waals surface area contributed by atoms with E-state index in [0.717, 1.165) is 45.4 Å². The molecular formula is C19H33IN4O. The molecule has 0 spiro atoms. The van der Waals surface area contributed by atoms with Gasteiger partial charge in [-0.25, -0.2) is 4.99 Å². The van der Waals surface area contributed by atoms with E-state index in [2.05, 4.69) is 60.6 Å². The number of nitrogens with zero attached hydrogens (tertiary/aromatic N) is 2. The summed E-state index contributed by atoms with van der Waals surface area (Å²) in [6.07, 6.45) is 0. The van der Waals surface area contributed by atoms with Crippen molar-refractivity contribution in [2.24, 2.45) is 10.9 Å². The zero-order chi connectivity index (χ0) is 17.2. The Morgan fingerprint density at radius 1 is 1.16 bits per heavy atom. The fourth-order valence-corrected chi connectivity index (χ4v) is 2.99. The van der Waals surface area contributed by atoms with E-state index in [1.54, 1.807) is 0 Å². The summed E-state index contributed by atoms with van der Waals surface area (Å²) in [6.45, 7) is 12.8. The average Bonchev–Trinajstić information content (AvgIpc) is 2.61. The van der Waals surface area contributed by atoms with Crippen LogP contribution in [0.3, 0.4) is 0 Å². The van der Waals surface area contributed by atoms with Crippen LogP contribution in [0, 0.1) is 5.92 Å². The maximum Gasteiger partial charge on any atom is 0.191 e. The molecule has 0 saturated carbocycles. The van der Waals surface area contributed by atoms with Crippen molar-refractivity contribution in [3.63, 3.8) is 0 Å². The number of halogens is 1. The van der Waals surface area contributed by atoms with Crippen LogP contribution in [0.1, 0.15) is 26.3 Å². The smallest absolute Gasteiger partial charge is 0.191 e. The minimum atomic E-state index is 0. The van der Waals surface area contributed by atoms with Crippen LogP contribution in [0.4, 0.5) is 0 Å². The number of hydrogen-bond donors (Lipinski definition) is 2. The largest absolute Gasteiger partial charge is 0.379 e. The minimum Gasteiger partial charge on any atom is -0.379 e. The van der Waals surface area contributed by atoms with Gasteiger partial charge in [-0.2, -0.15) is 0 Å². The van der Waals surface area contributed by atoms with Gasteiger partial charge < -0.3 is 15.4 Å². The third-order valence-corrected chi connectivity index (χ3v) is 4.37. The van der Waals surface area contributed by atoms with Gasteiger partial charge in [0.1, 0.15) is 0 Å². The number of guanidine groups is 1. The molecule has 0 bridgehead atoms. The molecule has 0 aliphatic carbocycles. The van der Waals surface area contributed by atoms with Crippen molar-refractivity contribution in [2.75, 3.05) is 39.4 Å². The van der Waals surface area contributed by atoms with E-state index in [4.69, 9.17) is 9.73 Å². The molecule has 1 fully saturated rings. The normalized spacial score (nSPS) is 17.0. The monoisotopic (exact) mass is 460 g/mol. The van der Waals surface area contributed by atoms with Crippen molar-refractivity contribution in [3.8, 4) is 0 Å². The lowest BCUT2D eigenvalue weighted by atomic mass is 10.0. The summed E-state index contributed by atoms with van der Waals surface area (Å²) >= 11 is 0. The van der Waals surface area contributed by atoms with Crippen LogP contribution in [0.15, 0.2) is 35.3 Å². The maximum absolute atomic E-state index is 5.48. The lowest BCUT2D eigenvalue weighted by Gasteiger charge is -2.37. The summed E-state index contributed by atoms with van der Waals surface area (Å²) in [5.41, 5.74) is 1.23. The van der Waals surface area contributed by atoms with Crippen LogP contribution in [0.25, 0.3) is 0 Å². The highest BCUT2D eigenvalue weighted by Crippen LogP contribution is 2.12. The molecule has 1 unspecified atom stereocenters. The number of rotatable bonds is 7. The molecule has 0 amide bonds. The molecule has 0 aromatic heterocycles. The van der Waals surface area contributed by atoms with Gasteiger partial charge >= 0.3 is 0 Å². The fraction of sp³-hybridized carbons (Fsp3) is 0.632. The van der Waals surface area contributed by atoms with Gasteiger partial charge in [0, 0.05) is 32.2 Å². The van der Waals surface area contributed by atoms with Crippen LogP contribution in [0.5, 0.6) is 0 Å². The second-order valence-corrected chi connectivity index (χ2v) is 6.52. The zero-order valence-electron chi connectivity index (χ0n) is 15.7. The molecule has 25 heavy (non-hydrogen) atoms. The Labute approximate surface area is 169 Å². The van der Waals surface area contributed by atoms with Gasteiger partial charge in [0.15, 0.2) is 5.96 Å². The minimum absolute atomic E-state index is 0. The Bertz CT molecular complexity index is 489. The molecule has 1 aromatic carbocycles. The van der Waals surface area contributed by atoms with Crippen molar-refractivity contribution in [1.29, 1.82) is 0 Å². The Balaban J connectivity index is 0.00000312. The standard InChI is InChI=1S/C19H32N4O.HI/c1-4-20-19(21-14-17-8-6-5-7-9-17)22-15-18(16(2)3)23-10-12-24-13-11-23;/h5-9,16,18H,4,10-15H2,1-3H3,(H2,20,21,22);1H. The summed E-state index contributed by atoms with van der Waals surface area (Å²) < 4.78 is 5.48. The number of nitrogens with one attached hydrogen (secondary N) is 2. The maximum atomic E-state index is 5.48. The van der Waals surface area contributed by atoms with Gasteiger partial charge in [0.2, 0.25) is 0 Å². The SMILES string of the molecule is CCNC(=NCc1ccccc1)NCC(C(C)C)N1CCOCC1.I. The van der Waals surface area contributed by atoms with Gasteiger partial charge in [-0.3, -0.25) is 4.90 Å². The Kier molecular flexibility index (Phi) is 11.1. The van der Waals surface area contributed by atoms with Crippen LogP contribution >= 0.6 is 24.0 Å². The Hall–Kier alpha value is -0.860. The van der Waals surface area contributed by atoms with E-state index in [-0.39, 0.29) is 24.0 Å². The third-order valence-electron chi connectivity index (χ3n) is 4.37. The van der Waals surface area contributed by atoms with Gasteiger partial charge in [0.25, 0.3) is 0 Å². The van der Waals surface area contributed by atoms with E-state index in [9.17, 15) is 0 Å². The number of benzene rings is 1. The van der Waals surface area contributed by atoms with Crippen LogP contribution in [-0.4, -0.2) is 56.3 Å². The van der Waals surface area contributed by atoms with E-state index in [0.29, 0.717) is 18.5 Å². The highest BCUT2D eigenvalue weighted by Gasteiger charge is 2.23. The van der Waals surface area contributed by atoms with E-state index >= 15 is 0 Å². The molecule has 2 rings (SSSR count). The topological polar surface area (TPSA) is 48.9 Å². The molecule has 0 radical (unpaired) electrons. The number of ether oxygens (including phenoxy) is 1. The lowest BCUT2D eigenvalue weighted by Crippen LogP contribution is -2.52. The molecule has 1 aliphatic heterocycles. The molecular weight excluding hydrogens is 427 g/mol. The summed E-state index contributed by atoms with van der Waals surface area (Å²) in [5.74, 6) is 1.48. The predicted octanol–water partition coefficient (Wildman–Crippen LogP) is 2.72. The molecule has 6 heteroatoms. The van der Waals surface area contributed by atoms with Crippen LogP contribution in [-0.2, 0) is 11.3 Å². The number of morpholine rings is 1. The third kappa shape index (κ3) is 7.92. The first-order valence-corrected chi connectivity index (χ1v) is 9.08. The zero-order valence-corrected chi connectivity index (χ0v) is 18.0. The Morgan fingerprint density at radius 2 is 1.84 bits per heavy atom. The number of hydrogen-bond acceptors (Lipinski definition) is 3. The highest BCUT2D eigenvalue weighted by atomic mass is 127. The highest BCUT2D eigenvalue weighted by molar-refractivity contribution is 14.0. The molecule has 5 nitrogen and oxygen atoms in total. The van der Waals surface area contributed by atoms with Crippen molar-refractivity contribution >= 4 is 29.9 Å². The quantitative estimate of drug-likeness (QED) is 0.373. The van der Waals surface area contributed by atoms with E-state index in [1.807, 2.05) is 6.07 Å². The van der Waals surface area contributed by atoms with Crippen molar-refractivity contribution < 1.29 is 4.74 Å². The van der Waals surface area contributed by atoms with Crippen molar-refractivity contribution in [1.82, 2.24) is 15.5 Å². The Morgan fingerprint density at radius 3 is 2.44 bits per heavy atom. The lowest BCUT2D eigenvalue weighted by molar-refractivity contribution is 0.00752. The fourth-order valence-electron chi connectivity index (χ4n) is 2.99. The van der Waals surface area contributed by atoms with Gasteiger partial charge in [0.05, 0.1) is 19.8 Å². The molecule has 142 valence electrons. The van der Waals surface area contributed by atoms with Crippen LogP contribution in [0.2, 0.25) is 0 Å². The molecule has 2 N–H and O–H groups in total. The summed E-state index contributed by atoms with van der Waals surface area (Å²) in [4.78, 5) is 7.24. The first-order valence-electron chi connectivity index (χ1n) is 9.08. The van der Waals surface area contributed by atoms with Gasteiger partial charge in [-0.05, 0) is 18.4 Å². The van der Waals surface area contributed by atoms with Crippen molar-refractivity contribution in [3.05, 3.63) is 35.9 Å². The van der Waals surface area contributed by atoms with E-state index < -0.39 is 0 Å².